The van der Waals surface area contributed by atoms with Gasteiger partial charge in [-0.05, 0) is 31.0 Å². The van der Waals surface area contributed by atoms with Gasteiger partial charge in [-0.25, -0.2) is 18.7 Å². The molecule has 0 atom stereocenters. The zero-order valence-electron chi connectivity index (χ0n) is 17.3. The van der Waals surface area contributed by atoms with Crippen molar-refractivity contribution in [2.24, 2.45) is 4.99 Å². The highest BCUT2D eigenvalue weighted by Gasteiger charge is 2.40. The predicted octanol–water partition coefficient (Wildman–Crippen LogP) is 2.96. The molecule has 0 radical (unpaired) electrons. The number of halogens is 2. The van der Waals surface area contributed by atoms with Crippen molar-refractivity contribution in [1.29, 1.82) is 0 Å². The van der Waals surface area contributed by atoms with E-state index in [0.29, 0.717) is 6.54 Å². The van der Waals surface area contributed by atoms with Crippen LogP contribution in [0.25, 0.3) is 0 Å². The molecule has 1 saturated heterocycles. The number of nitrogens with zero attached hydrogens (tertiary/aromatic N) is 5. The lowest BCUT2D eigenvalue weighted by atomic mass is 9.78. The number of anilines is 1. The molecule has 2 fully saturated rings. The van der Waals surface area contributed by atoms with Crippen LogP contribution in [0.1, 0.15) is 31.2 Å². The first kappa shape index (κ1) is 20.5. The molecule has 1 aromatic carbocycles. The number of rotatable bonds is 4. The van der Waals surface area contributed by atoms with E-state index in [1.807, 2.05) is 6.07 Å². The summed E-state index contributed by atoms with van der Waals surface area (Å²) >= 11 is 0. The van der Waals surface area contributed by atoms with Gasteiger partial charge in [-0.1, -0.05) is 18.9 Å². The Bertz CT molecular complexity index is 854. The van der Waals surface area contributed by atoms with Gasteiger partial charge in [0.15, 0.2) is 5.96 Å². The summed E-state index contributed by atoms with van der Waals surface area (Å²) < 4.78 is 29.2. The number of guanidine groups is 1. The van der Waals surface area contributed by atoms with Gasteiger partial charge in [0.2, 0.25) is 5.95 Å². The van der Waals surface area contributed by atoms with Crippen LogP contribution in [0.15, 0.2) is 41.7 Å². The van der Waals surface area contributed by atoms with Crippen molar-refractivity contribution in [3.63, 3.8) is 0 Å². The van der Waals surface area contributed by atoms with E-state index in [0.717, 1.165) is 63.8 Å². The van der Waals surface area contributed by atoms with Crippen molar-refractivity contribution in [2.45, 2.75) is 31.1 Å². The van der Waals surface area contributed by atoms with Crippen LogP contribution in [0.4, 0.5) is 14.7 Å². The van der Waals surface area contributed by atoms with E-state index in [1.165, 1.54) is 18.2 Å². The van der Waals surface area contributed by atoms with Crippen LogP contribution in [-0.2, 0) is 5.41 Å². The van der Waals surface area contributed by atoms with Gasteiger partial charge in [-0.15, -0.1) is 0 Å². The molecule has 30 heavy (non-hydrogen) atoms. The van der Waals surface area contributed by atoms with Gasteiger partial charge < -0.3 is 15.1 Å². The highest BCUT2D eigenvalue weighted by Crippen LogP contribution is 2.42. The van der Waals surface area contributed by atoms with Crippen LogP contribution in [0.5, 0.6) is 0 Å². The van der Waals surface area contributed by atoms with E-state index in [4.69, 9.17) is 0 Å². The lowest BCUT2D eigenvalue weighted by molar-refractivity contribution is 0.349. The summed E-state index contributed by atoms with van der Waals surface area (Å²) in [5.41, 5.74) is -0.318. The first-order chi connectivity index (χ1) is 14.6. The van der Waals surface area contributed by atoms with E-state index in [2.05, 4.69) is 30.1 Å². The normalized spacial score (nSPS) is 19.2. The fourth-order valence-electron chi connectivity index (χ4n) is 4.72. The van der Waals surface area contributed by atoms with Crippen molar-refractivity contribution < 1.29 is 8.78 Å². The molecular weight excluding hydrogens is 386 g/mol. The summed E-state index contributed by atoms with van der Waals surface area (Å²) in [4.78, 5) is 17.4. The number of aromatic nitrogens is 2. The standard InChI is InChI=1S/C22H28F2N6/c1-25-20(29-12-14-30(15-13-29)21-26-10-5-11-27-21)28-16-22(8-2-3-9-22)19-17(23)6-4-7-18(19)24/h4-7,10-11H,2-3,8-9,12-16H2,1H3,(H,25,28). The molecular formula is C22H28F2N6. The van der Waals surface area contributed by atoms with E-state index >= 15 is 0 Å². The number of hydrogen-bond acceptors (Lipinski definition) is 4. The molecule has 160 valence electrons. The average Bonchev–Trinajstić information content (AvgIpc) is 3.25. The lowest BCUT2D eigenvalue weighted by Crippen LogP contribution is -2.54. The van der Waals surface area contributed by atoms with Crippen LogP contribution in [-0.4, -0.2) is 60.6 Å². The molecule has 2 heterocycles. The molecule has 1 aromatic heterocycles. The Morgan fingerprint density at radius 1 is 1.03 bits per heavy atom. The summed E-state index contributed by atoms with van der Waals surface area (Å²) in [5.74, 6) is 0.599. The summed E-state index contributed by atoms with van der Waals surface area (Å²) in [6, 6.07) is 5.96. The smallest absolute Gasteiger partial charge is 0.225 e. The van der Waals surface area contributed by atoms with Gasteiger partial charge in [0.25, 0.3) is 0 Å². The zero-order valence-corrected chi connectivity index (χ0v) is 17.3. The molecule has 8 heteroatoms. The second-order valence-corrected chi connectivity index (χ2v) is 8.01. The van der Waals surface area contributed by atoms with Crippen LogP contribution < -0.4 is 10.2 Å². The molecule has 0 unspecified atom stereocenters. The topological polar surface area (TPSA) is 56.7 Å². The number of nitrogens with one attached hydrogen (secondary N) is 1. The van der Waals surface area contributed by atoms with Crippen molar-refractivity contribution in [3.8, 4) is 0 Å². The quantitative estimate of drug-likeness (QED) is 0.616. The van der Waals surface area contributed by atoms with Crippen LogP contribution in [0.3, 0.4) is 0 Å². The fourth-order valence-corrected chi connectivity index (χ4v) is 4.72. The first-order valence-corrected chi connectivity index (χ1v) is 10.5. The molecule has 1 aliphatic carbocycles. The molecule has 1 N–H and O–H groups in total. The maximum absolute atomic E-state index is 14.6. The average molecular weight is 415 g/mol. The highest BCUT2D eigenvalue weighted by molar-refractivity contribution is 5.80. The van der Waals surface area contributed by atoms with Gasteiger partial charge in [-0.3, -0.25) is 4.99 Å². The van der Waals surface area contributed by atoms with E-state index < -0.39 is 17.0 Å². The molecule has 1 saturated carbocycles. The second-order valence-electron chi connectivity index (χ2n) is 8.01. The van der Waals surface area contributed by atoms with E-state index in [9.17, 15) is 8.78 Å². The Hall–Kier alpha value is -2.77. The third kappa shape index (κ3) is 4.08. The molecule has 2 aromatic rings. The maximum atomic E-state index is 14.6. The molecule has 0 amide bonds. The van der Waals surface area contributed by atoms with Gasteiger partial charge in [0.1, 0.15) is 11.6 Å². The molecule has 0 spiro atoms. The molecule has 2 aliphatic rings. The fraction of sp³-hybridized carbons (Fsp3) is 0.500. The van der Waals surface area contributed by atoms with Gasteiger partial charge in [0.05, 0.1) is 0 Å². The number of aliphatic imine (C=N–C) groups is 1. The van der Waals surface area contributed by atoms with Crippen LogP contribution in [0, 0.1) is 11.6 Å². The monoisotopic (exact) mass is 414 g/mol. The summed E-state index contributed by atoms with van der Waals surface area (Å²) in [7, 11) is 1.75. The molecule has 6 nitrogen and oxygen atoms in total. The third-order valence-electron chi connectivity index (χ3n) is 6.26. The number of piperazine rings is 1. The Balaban J connectivity index is 1.43. The van der Waals surface area contributed by atoms with Crippen LogP contribution >= 0.6 is 0 Å². The minimum absolute atomic E-state index is 0.219. The largest absolute Gasteiger partial charge is 0.355 e. The summed E-state index contributed by atoms with van der Waals surface area (Å²) in [5, 5.41) is 3.42. The minimum Gasteiger partial charge on any atom is -0.355 e. The SMILES string of the molecule is CN=C(NCC1(c2c(F)cccc2F)CCCC1)N1CCN(c2ncccn2)CC1. The van der Waals surface area contributed by atoms with Crippen molar-refractivity contribution in [3.05, 3.63) is 53.9 Å². The maximum Gasteiger partial charge on any atom is 0.225 e. The van der Waals surface area contributed by atoms with Crippen molar-refractivity contribution >= 4 is 11.9 Å². The zero-order chi connectivity index (χ0) is 21.0. The van der Waals surface area contributed by atoms with E-state index in [-0.39, 0.29) is 5.56 Å². The summed E-state index contributed by atoms with van der Waals surface area (Å²) in [6.45, 7) is 3.60. The Labute approximate surface area is 176 Å². The molecule has 0 bridgehead atoms. The number of benzene rings is 1. The first-order valence-electron chi connectivity index (χ1n) is 10.5. The number of hydrogen-bond donors (Lipinski definition) is 1. The second kappa shape index (κ2) is 8.93. The molecule has 1 aliphatic heterocycles. The third-order valence-corrected chi connectivity index (χ3v) is 6.26. The minimum atomic E-state index is -0.537. The van der Waals surface area contributed by atoms with Crippen LogP contribution in [0.2, 0.25) is 0 Å². The Morgan fingerprint density at radius 3 is 2.27 bits per heavy atom. The lowest BCUT2D eigenvalue weighted by Gasteiger charge is -2.38. The van der Waals surface area contributed by atoms with Gasteiger partial charge in [0, 0.05) is 63.1 Å². The van der Waals surface area contributed by atoms with Gasteiger partial charge >= 0.3 is 0 Å². The Morgan fingerprint density at radius 2 is 1.67 bits per heavy atom. The Kier molecular flexibility index (Phi) is 6.11. The van der Waals surface area contributed by atoms with Crippen molar-refractivity contribution in [1.82, 2.24) is 20.2 Å². The summed E-state index contributed by atoms with van der Waals surface area (Å²) in [6.07, 6.45) is 6.99. The molecule has 4 rings (SSSR count). The van der Waals surface area contributed by atoms with E-state index in [1.54, 1.807) is 19.4 Å². The highest BCUT2D eigenvalue weighted by atomic mass is 19.1. The predicted molar refractivity (Wildman–Crippen MR) is 114 cm³/mol. The van der Waals surface area contributed by atoms with Gasteiger partial charge in [-0.2, -0.15) is 0 Å². The van der Waals surface area contributed by atoms with Crippen molar-refractivity contribution in [2.75, 3.05) is 44.7 Å².